The minimum atomic E-state index is 0.456. The van der Waals surface area contributed by atoms with Crippen LogP contribution in [0.25, 0.3) is 0 Å². The minimum absolute atomic E-state index is 0.456. The largest absolute Gasteiger partial charge is 0.492 e. The molecule has 0 unspecified atom stereocenters. The summed E-state index contributed by atoms with van der Waals surface area (Å²) in [6.07, 6.45) is 2.64. The Balaban J connectivity index is 1.76. The number of nitrogens with zero attached hydrogens (tertiary/aromatic N) is 1. The van der Waals surface area contributed by atoms with Gasteiger partial charge >= 0.3 is 0 Å². The second-order valence-electron chi connectivity index (χ2n) is 6.24. The van der Waals surface area contributed by atoms with Gasteiger partial charge in [0.25, 0.3) is 0 Å². The van der Waals surface area contributed by atoms with Crippen LogP contribution in [0.2, 0.25) is 0 Å². The predicted molar refractivity (Wildman–Crippen MR) is 79.3 cm³/mol. The number of nitrogens with two attached hydrogens (primary N) is 1. The lowest BCUT2D eigenvalue weighted by Gasteiger charge is -2.37. The number of ether oxygens (including phenoxy) is 1. The van der Waals surface area contributed by atoms with Crippen molar-refractivity contribution >= 4 is 0 Å². The summed E-state index contributed by atoms with van der Waals surface area (Å²) in [5.74, 6) is 0.930. The zero-order valence-electron chi connectivity index (χ0n) is 12.2. The molecule has 0 saturated carbocycles. The molecule has 0 atom stereocenters. The van der Waals surface area contributed by atoms with Gasteiger partial charge in [0, 0.05) is 19.6 Å². The first-order valence-electron chi connectivity index (χ1n) is 7.23. The molecule has 0 bridgehead atoms. The number of likely N-dealkylation sites (tertiary alicyclic amines) is 1. The molecule has 1 saturated heterocycles. The molecule has 0 aliphatic carbocycles. The lowest BCUT2D eigenvalue weighted by Crippen LogP contribution is -2.41. The fraction of sp³-hybridized carbons (Fsp3) is 0.625. The van der Waals surface area contributed by atoms with Crippen LogP contribution in [0.4, 0.5) is 0 Å². The van der Waals surface area contributed by atoms with E-state index in [1.54, 1.807) is 0 Å². The number of piperidine rings is 1. The van der Waals surface area contributed by atoms with E-state index in [1.165, 1.54) is 25.9 Å². The molecule has 1 aliphatic rings. The van der Waals surface area contributed by atoms with Gasteiger partial charge in [0.05, 0.1) is 0 Å². The predicted octanol–water partition coefficient (Wildman–Crippen LogP) is 2.65. The smallest absolute Gasteiger partial charge is 0.119 e. The molecule has 1 aliphatic heterocycles. The van der Waals surface area contributed by atoms with Gasteiger partial charge < -0.3 is 10.5 Å². The highest BCUT2D eigenvalue weighted by Crippen LogP contribution is 2.28. The van der Waals surface area contributed by atoms with E-state index < -0.39 is 0 Å². The van der Waals surface area contributed by atoms with Crippen molar-refractivity contribution in [1.29, 1.82) is 0 Å². The van der Waals surface area contributed by atoms with E-state index in [-0.39, 0.29) is 0 Å². The second kappa shape index (κ2) is 6.40. The van der Waals surface area contributed by atoms with Gasteiger partial charge in [0.2, 0.25) is 0 Å². The molecular formula is C16H26N2O. The molecule has 3 heteroatoms. The summed E-state index contributed by atoms with van der Waals surface area (Å²) in [6, 6.07) is 8.06. The fourth-order valence-corrected chi connectivity index (χ4v) is 2.79. The van der Waals surface area contributed by atoms with Gasteiger partial charge in [-0.05, 0) is 42.5 Å². The summed E-state index contributed by atoms with van der Waals surface area (Å²) in [6.45, 7) is 9.42. The lowest BCUT2D eigenvalue weighted by atomic mass is 9.84. The quantitative estimate of drug-likeness (QED) is 0.886. The van der Waals surface area contributed by atoms with E-state index in [0.717, 1.165) is 24.5 Å². The maximum atomic E-state index is 5.82. The first-order valence-corrected chi connectivity index (χ1v) is 7.23. The first-order chi connectivity index (χ1) is 9.09. The third-order valence-electron chi connectivity index (χ3n) is 3.79. The molecule has 0 aromatic heterocycles. The van der Waals surface area contributed by atoms with Crippen LogP contribution in [0.3, 0.4) is 0 Å². The zero-order chi connectivity index (χ0) is 13.7. The fourth-order valence-electron chi connectivity index (χ4n) is 2.79. The molecular weight excluding hydrogens is 236 g/mol. The van der Waals surface area contributed by atoms with Gasteiger partial charge in [-0.25, -0.2) is 0 Å². The van der Waals surface area contributed by atoms with Crippen LogP contribution in [0, 0.1) is 5.41 Å². The van der Waals surface area contributed by atoms with Gasteiger partial charge in [-0.1, -0.05) is 26.0 Å². The van der Waals surface area contributed by atoms with Gasteiger partial charge in [-0.15, -0.1) is 0 Å². The van der Waals surface area contributed by atoms with Gasteiger partial charge in [0.15, 0.2) is 0 Å². The first kappa shape index (κ1) is 14.4. The average molecular weight is 262 g/mol. The van der Waals surface area contributed by atoms with E-state index in [4.69, 9.17) is 10.5 Å². The molecule has 0 spiro atoms. The van der Waals surface area contributed by atoms with Crippen LogP contribution in [0.15, 0.2) is 24.3 Å². The zero-order valence-corrected chi connectivity index (χ0v) is 12.2. The average Bonchev–Trinajstić information content (AvgIpc) is 2.38. The summed E-state index contributed by atoms with van der Waals surface area (Å²) in [4.78, 5) is 2.51. The van der Waals surface area contributed by atoms with Crippen molar-refractivity contribution in [2.75, 3.05) is 26.2 Å². The molecule has 1 heterocycles. The molecule has 2 N–H and O–H groups in total. The number of hydrogen-bond donors (Lipinski definition) is 1. The van der Waals surface area contributed by atoms with Crippen molar-refractivity contribution in [3.05, 3.63) is 29.8 Å². The summed E-state index contributed by atoms with van der Waals surface area (Å²) in [7, 11) is 0. The standard InChI is InChI=1S/C16H26N2O/c1-16(2)7-4-8-18(13-16)9-10-19-15-6-3-5-14(11-15)12-17/h3,5-6,11H,4,7-10,12-13,17H2,1-2H3. The Kier molecular flexibility index (Phi) is 4.83. The monoisotopic (exact) mass is 262 g/mol. The summed E-state index contributed by atoms with van der Waals surface area (Å²) >= 11 is 0. The van der Waals surface area contributed by atoms with Crippen molar-refractivity contribution in [2.45, 2.75) is 33.2 Å². The number of rotatable bonds is 5. The SMILES string of the molecule is CC1(C)CCCN(CCOc2cccc(CN)c2)C1. The third-order valence-corrected chi connectivity index (χ3v) is 3.79. The Labute approximate surface area is 116 Å². The van der Waals surface area contributed by atoms with E-state index in [1.807, 2.05) is 24.3 Å². The highest BCUT2D eigenvalue weighted by molar-refractivity contribution is 5.28. The van der Waals surface area contributed by atoms with Crippen molar-refractivity contribution in [3.8, 4) is 5.75 Å². The second-order valence-corrected chi connectivity index (χ2v) is 6.24. The van der Waals surface area contributed by atoms with Gasteiger partial charge in [-0.2, -0.15) is 0 Å². The Morgan fingerprint density at radius 2 is 2.21 bits per heavy atom. The molecule has 2 rings (SSSR count). The maximum absolute atomic E-state index is 5.82. The normalized spacial score (nSPS) is 19.3. The van der Waals surface area contributed by atoms with Crippen molar-refractivity contribution in [1.82, 2.24) is 4.90 Å². The van der Waals surface area contributed by atoms with E-state index in [0.29, 0.717) is 12.0 Å². The van der Waals surface area contributed by atoms with Crippen LogP contribution in [-0.4, -0.2) is 31.1 Å². The number of benzene rings is 1. The third kappa shape index (κ3) is 4.51. The van der Waals surface area contributed by atoms with Crippen LogP contribution in [-0.2, 0) is 6.54 Å². The molecule has 19 heavy (non-hydrogen) atoms. The highest BCUT2D eigenvalue weighted by Gasteiger charge is 2.25. The van der Waals surface area contributed by atoms with Crippen molar-refractivity contribution in [3.63, 3.8) is 0 Å². The summed E-state index contributed by atoms with van der Waals surface area (Å²) in [5.41, 5.74) is 7.21. The molecule has 1 fully saturated rings. The highest BCUT2D eigenvalue weighted by atomic mass is 16.5. The van der Waals surface area contributed by atoms with Crippen molar-refractivity contribution in [2.24, 2.45) is 11.1 Å². The number of hydrogen-bond acceptors (Lipinski definition) is 3. The van der Waals surface area contributed by atoms with E-state index in [9.17, 15) is 0 Å². The Hall–Kier alpha value is -1.06. The van der Waals surface area contributed by atoms with Crippen molar-refractivity contribution < 1.29 is 4.74 Å². The van der Waals surface area contributed by atoms with Crippen LogP contribution in [0.1, 0.15) is 32.3 Å². The van der Waals surface area contributed by atoms with E-state index in [2.05, 4.69) is 18.7 Å². The summed E-state index contributed by atoms with van der Waals surface area (Å²) < 4.78 is 5.82. The molecule has 0 amide bonds. The Bertz CT molecular complexity index is 403. The maximum Gasteiger partial charge on any atom is 0.119 e. The van der Waals surface area contributed by atoms with E-state index >= 15 is 0 Å². The molecule has 1 aromatic rings. The topological polar surface area (TPSA) is 38.5 Å². The summed E-state index contributed by atoms with van der Waals surface area (Å²) in [5, 5.41) is 0. The molecule has 106 valence electrons. The van der Waals surface area contributed by atoms with Crippen LogP contribution in [0.5, 0.6) is 5.75 Å². The van der Waals surface area contributed by atoms with Crippen LogP contribution < -0.4 is 10.5 Å². The Morgan fingerprint density at radius 3 is 2.95 bits per heavy atom. The van der Waals surface area contributed by atoms with Gasteiger partial charge in [-0.3, -0.25) is 4.90 Å². The molecule has 0 radical (unpaired) electrons. The van der Waals surface area contributed by atoms with Crippen LogP contribution >= 0.6 is 0 Å². The Morgan fingerprint density at radius 1 is 1.37 bits per heavy atom. The van der Waals surface area contributed by atoms with Gasteiger partial charge in [0.1, 0.15) is 12.4 Å². The lowest BCUT2D eigenvalue weighted by molar-refractivity contribution is 0.102. The molecule has 3 nitrogen and oxygen atoms in total. The minimum Gasteiger partial charge on any atom is -0.492 e. The molecule has 1 aromatic carbocycles.